The van der Waals surface area contributed by atoms with Crippen LogP contribution in [0.2, 0.25) is 0 Å². The molecule has 0 spiro atoms. The van der Waals surface area contributed by atoms with Crippen molar-refractivity contribution in [1.29, 1.82) is 0 Å². The van der Waals surface area contributed by atoms with E-state index in [1.54, 1.807) is 0 Å². The maximum Gasteiger partial charge on any atom is 0.416 e. The van der Waals surface area contributed by atoms with Crippen molar-refractivity contribution < 1.29 is 35.9 Å². The second-order valence-electron chi connectivity index (χ2n) is 7.73. The smallest absolute Gasteiger partial charge is 0.373 e. The number of halogens is 6. The number of ether oxygens (including phenoxy) is 1. The number of amides is 1. The van der Waals surface area contributed by atoms with E-state index in [9.17, 15) is 31.1 Å². The van der Waals surface area contributed by atoms with E-state index in [1.807, 2.05) is 30.3 Å². The molecule has 0 unspecified atom stereocenters. The molecule has 0 aliphatic heterocycles. The Hall–Kier alpha value is -2.59. The number of hydrogen-bond acceptors (Lipinski definition) is 3. The van der Waals surface area contributed by atoms with Gasteiger partial charge in [-0.15, -0.1) is 0 Å². The lowest BCUT2D eigenvalue weighted by atomic mass is 9.92. The third-order valence-electron chi connectivity index (χ3n) is 5.43. The van der Waals surface area contributed by atoms with E-state index in [-0.39, 0.29) is 30.1 Å². The molecule has 0 radical (unpaired) electrons. The van der Waals surface area contributed by atoms with Gasteiger partial charge in [0.25, 0.3) is 0 Å². The zero-order valence-electron chi connectivity index (χ0n) is 16.8. The van der Waals surface area contributed by atoms with Crippen LogP contribution in [0.1, 0.15) is 41.0 Å². The Kier molecular flexibility index (Phi) is 7.14. The van der Waals surface area contributed by atoms with Crippen molar-refractivity contribution in [3.05, 3.63) is 70.8 Å². The Morgan fingerprint density at radius 2 is 1.56 bits per heavy atom. The predicted molar refractivity (Wildman–Crippen MR) is 104 cm³/mol. The fourth-order valence-electron chi connectivity index (χ4n) is 4.04. The Balaban J connectivity index is 1.82. The molecule has 0 aromatic heterocycles. The summed E-state index contributed by atoms with van der Waals surface area (Å²) in [6, 6.07) is 10.4. The van der Waals surface area contributed by atoms with Crippen LogP contribution < -0.4 is 11.1 Å². The van der Waals surface area contributed by atoms with E-state index >= 15 is 0 Å². The number of rotatable bonds is 7. The van der Waals surface area contributed by atoms with Crippen molar-refractivity contribution in [2.24, 2.45) is 5.73 Å². The minimum atomic E-state index is -4.92. The molecule has 0 bridgehead atoms. The normalized spacial score (nSPS) is 21.6. The van der Waals surface area contributed by atoms with Crippen LogP contribution in [0.3, 0.4) is 0 Å². The highest BCUT2D eigenvalue weighted by Gasteiger charge is 2.39. The van der Waals surface area contributed by atoms with Crippen LogP contribution in [-0.4, -0.2) is 24.6 Å². The van der Waals surface area contributed by atoms with Gasteiger partial charge in [0.1, 0.15) is 0 Å². The molecule has 1 aliphatic carbocycles. The van der Waals surface area contributed by atoms with Gasteiger partial charge in [0.05, 0.1) is 30.4 Å². The minimum Gasteiger partial charge on any atom is -0.373 e. The van der Waals surface area contributed by atoms with Gasteiger partial charge in [-0.25, -0.2) is 0 Å². The average molecular weight is 460 g/mol. The summed E-state index contributed by atoms with van der Waals surface area (Å²) in [7, 11) is 0. The highest BCUT2D eigenvalue weighted by Crippen LogP contribution is 2.39. The Morgan fingerprint density at radius 1 is 0.969 bits per heavy atom. The zero-order chi connectivity index (χ0) is 23.5. The lowest BCUT2D eigenvalue weighted by molar-refractivity contribution is -0.143. The maximum absolute atomic E-state index is 13.1. The molecule has 10 heteroatoms. The summed E-state index contributed by atoms with van der Waals surface area (Å²) < 4.78 is 84.5. The average Bonchev–Trinajstić information content (AvgIpc) is 3.12. The third-order valence-corrected chi connectivity index (χ3v) is 5.43. The van der Waals surface area contributed by atoms with Crippen molar-refractivity contribution in [3.63, 3.8) is 0 Å². The molecule has 0 heterocycles. The highest BCUT2D eigenvalue weighted by molar-refractivity contribution is 5.75. The molecule has 3 atom stereocenters. The van der Waals surface area contributed by atoms with Gasteiger partial charge in [-0.2, -0.15) is 26.3 Å². The summed E-state index contributed by atoms with van der Waals surface area (Å²) in [6.45, 7) is -0.465. The van der Waals surface area contributed by atoms with Gasteiger partial charge in [-0.3, -0.25) is 4.79 Å². The number of hydrogen-bond donors (Lipinski definition) is 2. The quantitative estimate of drug-likeness (QED) is 0.593. The van der Waals surface area contributed by atoms with E-state index in [2.05, 4.69) is 5.32 Å². The van der Waals surface area contributed by atoms with E-state index < -0.39 is 42.1 Å². The fourth-order valence-corrected chi connectivity index (χ4v) is 4.04. The second-order valence-corrected chi connectivity index (χ2v) is 7.73. The first-order valence-electron chi connectivity index (χ1n) is 9.91. The minimum absolute atomic E-state index is 0.0523. The first kappa shape index (κ1) is 24.1. The standard InChI is InChI=1S/C22H22F6N2O2/c23-21(24,25)15-8-13(9-16(10-15)22(26,27)28)12-32-18-7-6-17(30-11-19(29)31)20(18)14-4-2-1-3-5-14/h1-5,8-10,17-18,20,30H,6-7,11-12H2,(H2,29,31)/t17-,18+,20+/m0/s1. The number of alkyl halides is 6. The summed E-state index contributed by atoms with van der Waals surface area (Å²) in [6.07, 6.45) is -9.18. The van der Waals surface area contributed by atoms with E-state index in [0.717, 1.165) is 5.56 Å². The van der Waals surface area contributed by atoms with Gasteiger partial charge in [0.15, 0.2) is 0 Å². The highest BCUT2D eigenvalue weighted by atomic mass is 19.4. The molecular weight excluding hydrogens is 438 g/mol. The number of nitrogens with one attached hydrogen (secondary N) is 1. The second kappa shape index (κ2) is 9.50. The first-order chi connectivity index (χ1) is 14.9. The number of nitrogens with two attached hydrogens (primary N) is 1. The molecule has 1 saturated carbocycles. The van der Waals surface area contributed by atoms with Gasteiger partial charge < -0.3 is 15.8 Å². The monoisotopic (exact) mass is 460 g/mol. The Labute approximate surface area is 180 Å². The molecule has 2 aromatic rings. The summed E-state index contributed by atoms with van der Waals surface area (Å²) in [5.74, 6) is -0.784. The third kappa shape index (κ3) is 6.01. The van der Waals surface area contributed by atoms with E-state index in [1.165, 1.54) is 0 Å². The maximum atomic E-state index is 13.1. The first-order valence-corrected chi connectivity index (χ1v) is 9.91. The zero-order valence-corrected chi connectivity index (χ0v) is 16.8. The summed E-state index contributed by atoms with van der Waals surface area (Å²) >= 11 is 0. The van der Waals surface area contributed by atoms with Crippen molar-refractivity contribution in [2.45, 2.75) is 49.9 Å². The van der Waals surface area contributed by atoms with Crippen molar-refractivity contribution in [1.82, 2.24) is 5.32 Å². The fraction of sp³-hybridized carbons (Fsp3) is 0.409. The van der Waals surface area contributed by atoms with Gasteiger partial charge in [0, 0.05) is 12.0 Å². The van der Waals surface area contributed by atoms with Crippen molar-refractivity contribution >= 4 is 5.91 Å². The van der Waals surface area contributed by atoms with Crippen LogP contribution in [0, 0.1) is 0 Å². The van der Waals surface area contributed by atoms with Crippen LogP contribution in [0.15, 0.2) is 48.5 Å². The molecule has 2 aromatic carbocycles. The van der Waals surface area contributed by atoms with Gasteiger partial charge >= 0.3 is 12.4 Å². The van der Waals surface area contributed by atoms with E-state index in [4.69, 9.17) is 10.5 Å². The van der Waals surface area contributed by atoms with Crippen LogP contribution in [0.25, 0.3) is 0 Å². The molecule has 32 heavy (non-hydrogen) atoms. The molecular formula is C22H22F6N2O2. The van der Waals surface area contributed by atoms with Crippen molar-refractivity contribution in [3.8, 4) is 0 Å². The van der Waals surface area contributed by atoms with E-state index in [0.29, 0.717) is 25.0 Å². The van der Waals surface area contributed by atoms with Gasteiger partial charge in [0.2, 0.25) is 5.91 Å². The molecule has 1 fully saturated rings. The van der Waals surface area contributed by atoms with Crippen LogP contribution in [0.4, 0.5) is 26.3 Å². The molecule has 1 amide bonds. The lowest BCUT2D eigenvalue weighted by Crippen LogP contribution is -2.39. The molecule has 174 valence electrons. The van der Waals surface area contributed by atoms with Gasteiger partial charge in [-0.05, 0) is 42.2 Å². The molecule has 4 nitrogen and oxygen atoms in total. The SMILES string of the molecule is NC(=O)CN[C@H]1CC[C@@H](OCc2cc(C(F)(F)F)cc(C(F)(F)F)c2)[C@@H]1c1ccccc1. The number of carbonyl (C=O) groups excluding carboxylic acids is 1. The number of primary amides is 1. The van der Waals surface area contributed by atoms with Crippen LogP contribution >= 0.6 is 0 Å². The molecule has 3 rings (SSSR count). The number of carbonyl (C=O) groups is 1. The molecule has 0 saturated heterocycles. The molecule has 3 N–H and O–H groups in total. The van der Waals surface area contributed by atoms with Crippen molar-refractivity contribution in [2.75, 3.05) is 6.54 Å². The number of benzene rings is 2. The molecule has 1 aliphatic rings. The van der Waals surface area contributed by atoms with Crippen LogP contribution in [0.5, 0.6) is 0 Å². The van der Waals surface area contributed by atoms with Crippen LogP contribution in [-0.2, 0) is 28.5 Å². The van der Waals surface area contributed by atoms with Gasteiger partial charge in [-0.1, -0.05) is 30.3 Å². The largest absolute Gasteiger partial charge is 0.416 e. The topological polar surface area (TPSA) is 64.4 Å². The Morgan fingerprint density at radius 3 is 2.09 bits per heavy atom. The summed E-state index contributed by atoms with van der Waals surface area (Å²) in [5, 5.41) is 3.06. The lowest BCUT2D eigenvalue weighted by Gasteiger charge is -2.26. The summed E-state index contributed by atoms with van der Waals surface area (Å²) in [5.41, 5.74) is 3.12. The Bertz CT molecular complexity index is 898. The predicted octanol–water partition coefficient (Wildman–Crippen LogP) is 4.63. The summed E-state index contributed by atoms with van der Waals surface area (Å²) in [4.78, 5) is 11.2.